The second-order valence-corrected chi connectivity index (χ2v) is 6.65. The molecule has 4 aromatic rings. The lowest BCUT2D eigenvalue weighted by Gasteiger charge is -2.06. The first-order chi connectivity index (χ1) is 13.7. The summed E-state index contributed by atoms with van der Waals surface area (Å²) in [6.07, 6.45) is 0.537. The minimum atomic E-state index is -1.02. The molecule has 2 N–H and O–H groups in total. The van der Waals surface area contributed by atoms with Gasteiger partial charge in [0.2, 0.25) is 0 Å². The van der Waals surface area contributed by atoms with Gasteiger partial charge in [-0.1, -0.05) is 48.5 Å². The van der Waals surface area contributed by atoms with E-state index >= 15 is 0 Å². The Bertz CT molecular complexity index is 1130. The summed E-state index contributed by atoms with van der Waals surface area (Å²) >= 11 is 0. The number of aromatic amines is 1. The zero-order valence-corrected chi connectivity index (χ0v) is 15.5. The van der Waals surface area contributed by atoms with E-state index in [1.54, 1.807) is 13.2 Å². The van der Waals surface area contributed by atoms with Gasteiger partial charge in [0, 0.05) is 30.1 Å². The number of carbonyl (C=O) groups is 1. The van der Waals surface area contributed by atoms with Crippen molar-refractivity contribution in [1.29, 1.82) is 0 Å². The number of aromatic nitrogens is 2. The first-order valence-electron chi connectivity index (χ1n) is 9.03. The third kappa shape index (κ3) is 3.52. The summed E-state index contributed by atoms with van der Waals surface area (Å²) in [7, 11) is 1.68. The SMILES string of the molecule is COCc1ccc2c(Cc3cccc(C(=O)O)n3)c(-c3ccccc3)[nH]c2c1. The van der Waals surface area contributed by atoms with Crippen LogP contribution in [0.5, 0.6) is 0 Å². The number of aromatic carboxylic acids is 1. The Morgan fingerprint density at radius 2 is 1.89 bits per heavy atom. The van der Waals surface area contributed by atoms with Crippen LogP contribution < -0.4 is 0 Å². The molecule has 0 bridgehead atoms. The van der Waals surface area contributed by atoms with Crippen LogP contribution in [0, 0.1) is 0 Å². The van der Waals surface area contributed by atoms with E-state index in [1.807, 2.05) is 24.3 Å². The van der Waals surface area contributed by atoms with Crippen molar-refractivity contribution in [2.75, 3.05) is 7.11 Å². The van der Waals surface area contributed by atoms with E-state index in [9.17, 15) is 9.90 Å². The fourth-order valence-corrected chi connectivity index (χ4v) is 3.47. The van der Waals surface area contributed by atoms with Crippen molar-refractivity contribution < 1.29 is 14.6 Å². The lowest BCUT2D eigenvalue weighted by Crippen LogP contribution is -2.03. The number of carboxylic acid groups (broad SMARTS) is 1. The Balaban J connectivity index is 1.85. The largest absolute Gasteiger partial charge is 0.477 e. The van der Waals surface area contributed by atoms with Crippen molar-refractivity contribution in [2.24, 2.45) is 0 Å². The summed E-state index contributed by atoms with van der Waals surface area (Å²) < 4.78 is 5.25. The number of ether oxygens (including phenoxy) is 1. The van der Waals surface area contributed by atoms with Crippen LogP contribution in [-0.4, -0.2) is 28.2 Å². The van der Waals surface area contributed by atoms with Crippen LogP contribution in [0.25, 0.3) is 22.2 Å². The number of pyridine rings is 1. The molecule has 0 radical (unpaired) electrons. The molecule has 0 unspecified atom stereocenters. The van der Waals surface area contributed by atoms with Gasteiger partial charge in [-0.25, -0.2) is 9.78 Å². The van der Waals surface area contributed by atoms with Crippen LogP contribution >= 0.6 is 0 Å². The molecular weight excluding hydrogens is 352 g/mol. The fourth-order valence-electron chi connectivity index (χ4n) is 3.47. The molecule has 0 aliphatic heterocycles. The van der Waals surface area contributed by atoms with Gasteiger partial charge in [-0.3, -0.25) is 0 Å². The highest BCUT2D eigenvalue weighted by molar-refractivity contribution is 5.91. The molecule has 5 heteroatoms. The summed E-state index contributed by atoms with van der Waals surface area (Å²) in [6.45, 7) is 0.549. The monoisotopic (exact) mass is 372 g/mol. The van der Waals surface area contributed by atoms with Crippen LogP contribution in [-0.2, 0) is 17.8 Å². The van der Waals surface area contributed by atoms with Gasteiger partial charge >= 0.3 is 5.97 Å². The Labute approximate surface area is 162 Å². The van der Waals surface area contributed by atoms with Crippen LogP contribution in [0.1, 0.15) is 27.3 Å². The highest BCUT2D eigenvalue weighted by Crippen LogP contribution is 2.32. The molecule has 0 saturated heterocycles. The number of H-pyrrole nitrogens is 1. The van der Waals surface area contributed by atoms with Gasteiger partial charge in [-0.15, -0.1) is 0 Å². The topological polar surface area (TPSA) is 75.2 Å². The average molecular weight is 372 g/mol. The lowest BCUT2D eigenvalue weighted by molar-refractivity contribution is 0.0690. The summed E-state index contributed by atoms with van der Waals surface area (Å²) in [5.41, 5.74) is 6.09. The molecule has 140 valence electrons. The van der Waals surface area contributed by atoms with Gasteiger partial charge in [-0.05, 0) is 34.9 Å². The number of hydrogen-bond donors (Lipinski definition) is 2. The molecule has 0 saturated carbocycles. The molecular formula is C23H20N2O3. The lowest BCUT2D eigenvalue weighted by atomic mass is 10.00. The van der Waals surface area contributed by atoms with Crippen molar-refractivity contribution in [1.82, 2.24) is 9.97 Å². The summed E-state index contributed by atoms with van der Waals surface area (Å²) in [5.74, 6) is -1.02. The normalized spacial score (nSPS) is 11.0. The van der Waals surface area contributed by atoms with Crippen LogP contribution in [0.2, 0.25) is 0 Å². The van der Waals surface area contributed by atoms with E-state index in [2.05, 4.69) is 40.3 Å². The fraction of sp³-hybridized carbons (Fsp3) is 0.130. The molecule has 0 atom stereocenters. The van der Waals surface area contributed by atoms with Gasteiger partial charge in [-0.2, -0.15) is 0 Å². The van der Waals surface area contributed by atoms with Crippen LogP contribution in [0.3, 0.4) is 0 Å². The van der Waals surface area contributed by atoms with Crippen molar-refractivity contribution in [3.05, 3.63) is 89.2 Å². The first-order valence-corrected chi connectivity index (χ1v) is 9.03. The van der Waals surface area contributed by atoms with Crippen molar-refractivity contribution in [3.63, 3.8) is 0 Å². The van der Waals surface area contributed by atoms with Crippen molar-refractivity contribution in [2.45, 2.75) is 13.0 Å². The third-order valence-corrected chi connectivity index (χ3v) is 4.73. The summed E-state index contributed by atoms with van der Waals surface area (Å²) in [4.78, 5) is 19.1. The minimum absolute atomic E-state index is 0.0565. The zero-order valence-electron chi connectivity index (χ0n) is 15.5. The Kier molecular flexibility index (Phi) is 4.91. The van der Waals surface area contributed by atoms with Crippen LogP contribution in [0.15, 0.2) is 66.7 Å². The van der Waals surface area contributed by atoms with Gasteiger partial charge in [0.1, 0.15) is 5.69 Å². The molecule has 2 aromatic carbocycles. The number of hydrogen-bond acceptors (Lipinski definition) is 3. The quantitative estimate of drug-likeness (QED) is 0.516. The Morgan fingerprint density at radius 3 is 2.64 bits per heavy atom. The molecule has 5 nitrogen and oxygen atoms in total. The average Bonchev–Trinajstić information content (AvgIpc) is 3.07. The molecule has 28 heavy (non-hydrogen) atoms. The molecule has 2 aromatic heterocycles. The molecule has 0 aliphatic carbocycles. The maximum atomic E-state index is 11.3. The van der Waals surface area contributed by atoms with E-state index in [4.69, 9.17) is 4.74 Å². The summed E-state index contributed by atoms with van der Waals surface area (Å²) in [6, 6.07) is 21.5. The number of nitrogens with one attached hydrogen (secondary N) is 1. The standard InChI is InChI=1S/C23H20N2O3/c1-28-14-15-10-11-18-19(13-17-8-5-9-20(24-17)23(26)27)22(25-21(18)12-15)16-6-3-2-4-7-16/h2-12,25H,13-14H2,1H3,(H,26,27). The molecule has 4 rings (SSSR count). The number of methoxy groups -OCH3 is 1. The number of nitrogens with zero attached hydrogens (tertiary/aromatic N) is 1. The van der Waals surface area contributed by atoms with E-state index in [0.29, 0.717) is 13.0 Å². The van der Waals surface area contributed by atoms with Gasteiger partial charge in [0.05, 0.1) is 12.3 Å². The van der Waals surface area contributed by atoms with Crippen molar-refractivity contribution in [3.8, 4) is 11.3 Å². The molecule has 0 fully saturated rings. The maximum absolute atomic E-state index is 11.3. The molecule has 0 spiro atoms. The highest BCUT2D eigenvalue weighted by Gasteiger charge is 2.15. The predicted molar refractivity (Wildman–Crippen MR) is 108 cm³/mol. The Morgan fingerprint density at radius 1 is 1.07 bits per heavy atom. The van der Waals surface area contributed by atoms with Gasteiger partial charge in [0.15, 0.2) is 0 Å². The number of fused-ring (bicyclic) bond motifs is 1. The second-order valence-electron chi connectivity index (χ2n) is 6.65. The third-order valence-electron chi connectivity index (χ3n) is 4.73. The molecule has 0 amide bonds. The second kappa shape index (κ2) is 7.66. The van der Waals surface area contributed by atoms with E-state index in [0.717, 1.165) is 39.0 Å². The smallest absolute Gasteiger partial charge is 0.354 e. The number of carboxylic acids is 1. The predicted octanol–water partition coefficient (Wildman–Crippen LogP) is 4.67. The highest BCUT2D eigenvalue weighted by atomic mass is 16.5. The molecule has 0 aliphatic rings. The van der Waals surface area contributed by atoms with Gasteiger partial charge in [0.25, 0.3) is 0 Å². The van der Waals surface area contributed by atoms with E-state index in [-0.39, 0.29) is 5.69 Å². The van der Waals surface area contributed by atoms with Crippen LogP contribution in [0.4, 0.5) is 0 Å². The van der Waals surface area contributed by atoms with Gasteiger partial charge < -0.3 is 14.8 Å². The maximum Gasteiger partial charge on any atom is 0.354 e. The zero-order chi connectivity index (χ0) is 19.5. The first kappa shape index (κ1) is 17.9. The molecule has 2 heterocycles. The van der Waals surface area contributed by atoms with Crippen molar-refractivity contribution >= 4 is 16.9 Å². The summed E-state index contributed by atoms with van der Waals surface area (Å²) in [5, 5.41) is 10.3. The number of benzene rings is 2. The van der Waals surface area contributed by atoms with E-state index in [1.165, 1.54) is 6.07 Å². The Hall–Kier alpha value is -3.44. The number of rotatable bonds is 6. The van der Waals surface area contributed by atoms with E-state index < -0.39 is 5.97 Å². The minimum Gasteiger partial charge on any atom is -0.477 e.